The zero-order chi connectivity index (χ0) is 30.3. The van der Waals surface area contributed by atoms with Crippen LogP contribution >= 0.6 is 0 Å². The van der Waals surface area contributed by atoms with E-state index in [0.29, 0.717) is 40.1 Å². The molecule has 4 rings (SSSR count). The lowest BCUT2D eigenvalue weighted by molar-refractivity contribution is 0.0951. The van der Waals surface area contributed by atoms with E-state index in [1.54, 1.807) is 37.3 Å². The van der Waals surface area contributed by atoms with Gasteiger partial charge < -0.3 is 26.2 Å². The van der Waals surface area contributed by atoms with Crippen LogP contribution in [0.25, 0.3) is 10.9 Å². The number of nitrogens with two attached hydrogens (primary N) is 1. The fraction of sp³-hybridized carbons (Fsp3) is 0.258. The maximum absolute atomic E-state index is 13.8. The van der Waals surface area contributed by atoms with Crippen molar-refractivity contribution in [2.45, 2.75) is 42.4 Å². The summed E-state index contributed by atoms with van der Waals surface area (Å²) in [6.07, 6.45) is 4.59. The second-order valence-electron chi connectivity index (χ2n) is 9.83. The van der Waals surface area contributed by atoms with Gasteiger partial charge in [0.15, 0.2) is 0 Å². The molecular formula is C31H34N4O6S. The number of nitrogens with one attached hydrogen (secondary N) is 2. The van der Waals surface area contributed by atoms with E-state index >= 15 is 0 Å². The Labute approximate surface area is 244 Å². The summed E-state index contributed by atoms with van der Waals surface area (Å²) in [6, 6.07) is 15.9. The predicted molar refractivity (Wildman–Crippen MR) is 161 cm³/mol. The third-order valence-corrected chi connectivity index (χ3v) is 8.56. The van der Waals surface area contributed by atoms with Crippen LogP contribution in [-0.4, -0.2) is 50.6 Å². The second kappa shape index (κ2) is 13.5. The summed E-state index contributed by atoms with van der Waals surface area (Å²) in [4.78, 5) is 29.4. The first-order chi connectivity index (χ1) is 20.1. The number of hydrogen-bond acceptors (Lipinski definition) is 8. The van der Waals surface area contributed by atoms with Gasteiger partial charge in [0.2, 0.25) is 9.84 Å². The molecule has 1 heterocycles. The summed E-state index contributed by atoms with van der Waals surface area (Å²) < 4.78 is 33.0. The molecule has 2 amide bonds. The van der Waals surface area contributed by atoms with Crippen LogP contribution in [0.2, 0.25) is 0 Å². The lowest BCUT2D eigenvalue weighted by atomic mass is 10.1. The number of primary amides is 1. The van der Waals surface area contributed by atoms with Crippen LogP contribution in [0.15, 0.2) is 76.7 Å². The lowest BCUT2D eigenvalue weighted by Gasteiger charge is -2.16. The number of carbonyl (C=O) groups excluding carboxylic acids is 2. The molecule has 0 saturated heterocycles. The number of amides is 2. The van der Waals surface area contributed by atoms with Gasteiger partial charge in [0, 0.05) is 42.1 Å². The number of ether oxygens (including phenoxy) is 1. The van der Waals surface area contributed by atoms with Gasteiger partial charge in [0.1, 0.15) is 5.75 Å². The summed E-state index contributed by atoms with van der Waals surface area (Å²) in [6.45, 7) is 2.33. The number of fused-ring (bicyclic) bond motifs is 1. The zero-order valence-corrected chi connectivity index (χ0v) is 24.3. The molecule has 10 nitrogen and oxygen atoms in total. The van der Waals surface area contributed by atoms with E-state index in [2.05, 4.69) is 15.6 Å². The van der Waals surface area contributed by atoms with Crippen LogP contribution < -0.4 is 21.1 Å². The summed E-state index contributed by atoms with van der Waals surface area (Å²) in [5, 5.41) is 15.3. The molecule has 0 saturated carbocycles. The standard InChI is InChI=1S/C31H34N4O6S/c1-20-15-25(42(39,40)24-12-7-9-21(16-24)31(38)33-13-5-3-4-6-14-36)18-26-28(20)34-19-27(30(32)37)29(26)35-22-10-8-11-23(17-22)41-2/h7-12,15-19,36H,3-6,13-14H2,1-2H3,(H2,32,37)(H,33,38)(H,34,35). The molecular weight excluding hydrogens is 556 g/mol. The highest BCUT2D eigenvalue weighted by atomic mass is 32.2. The Morgan fingerprint density at radius 3 is 2.48 bits per heavy atom. The molecule has 4 aromatic rings. The van der Waals surface area contributed by atoms with Gasteiger partial charge in [-0.2, -0.15) is 0 Å². The third kappa shape index (κ3) is 6.87. The topological polar surface area (TPSA) is 161 Å². The highest BCUT2D eigenvalue weighted by Gasteiger charge is 2.23. The minimum Gasteiger partial charge on any atom is -0.497 e. The van der Waals surface area contributed by atoms with Gasteiger partial charge in [-0.3, -0.25) is 14.6 Å². The SMILES string of the molecule is COc1cccc(Nc2c(C(N)=O)cnc3c(C)cc(S(=O)(=O)c4cccc(C(=O)NCCCCCCO)c4)cc23)c1. The van der Waals surface area contributed by atoms with E-state index in [0.717, 1.165) is 25.7 Å². The minimum absolute atomic E-state index is 0.0222. The molecule has 0 aliphatic heterocycles. The van der Waals surface area contributed by atoms with Crippen molar-refractivity contribution in [1.29, 1.82) is 0 Å². The largest absolute Gasteiger partial charge is 0.497 e. The molecule has 0 radical (unpaired) electrons. The summed E-state index contributed by atoms with van der Waals surface area (Å²) in [5.41, 5.74) is 7.97. The molecule has 0 bridgehead atoms. The number of aromatic nitrogens is 1. The van der Waals surface area contributed by atoms with Crippen molar-refractivity contribution in [2.75, 3.05) is 25.6 Å². The summed E-state index contributed by atoms with van der Waals surface area (Å²) in [7, 11) is -2.54. The fourth-order valence-electron chi connectivity index (χ4n) is 4.60. The number of aryl methyl sites for hydroxylation is 1. The van der Waals surface area contributed by atoms with Crippen molar-refractivity contribution < 1.29 is 27.9 Å². The quantitative estimate of drug-likeness (QED) is 0.165. The van der Waals surface area contributed by atoms with Crippen molar-refractivity contribution >= 4 is 43.9 Å². The van der Waals surface area contributed by atoms with Crippen molar-refractivity contribution in [1.82, 2.24) is 10.3 Å². The van der Waals surface area contributed by atoms with Crippen molar-refractivity contribution in [3.63, 3.8) is 0 Å². The Bertz CT molecular complexity index is 1720. The molecule has 0 aliphatic rings. The first kappa shape index (κ1) is 30.5. The Kier molecular flexibility index (Phi) is 9.76. The summed E-state index contributed by atoms with van der Waals surface area (Å²) in [5.74, 6) is -0.513. The maximum atomic E-state index is 13.8. The molecule has 220 valence electrons. The number of pyridine rings is 1. The first-order valence-corrected chi connectivity index (χ1v) is 15.0. The number of methoxy groups -OCH3 is 1. The Balaban J connectivity index is 1.71. The minimum atomic E-state index is -4.07. The molecule has 1 aromatic heterocycles. The molecule has 0 atom stereocenters. The number of rotatable bonds is 13. The maximum Gasteiger partial charge on any atom is 0.252 e. The van der Waals surface area contributed by atoms with Crippen molar-refractivity contribution in [3.05, 3.63) is 83.6 Å². The number of unbranched alkanes of at least 4 members (excludes halogenated alkanes) is 3. The Morgan fingerprint density at radius 2 is 1.74 bits per heavy atom. The van der Waals surface area contributed by atoms with Gasteiger partial charge >= 0.3 is 0 Å². The number of aliphatic hydroxyl groups is 1. The Morgan fingerprint density at radius 1 is 0.976 bits per heavy atom. The van der Waals surface area contributed by atoms with Crippen LogP contribution in [0.5, 0.6) is 5.75 Å². The lowest BCUT2D eigenvalue weighted by Crippen LogP contribution is -2.24. The molecule has 0 fully saturated rings. The highest BCUT2D eigenvalue weighted by Crippen LogP contribution is 2.35. The molecule has 0 unspecified atom stereocenters. The van der Waals surface area contributed by atoms with E-state index in [-0.39, 0.29) is 33.4 Å². The number of carbonyl (C=O) groups is 2. The number of aliphatic hydroxyl groups excluding tert-OH is 1. The second-order valence-corrected chi connectivity index (χ2v) is 11.8. The van der Waals surface area contributed by atoms with Gasteiger partial charge in [-0.1, -0.05) is 25.0 Å². The van der Waals surface area contributed by atoms with Gasteiger partial charge in [-0.05, 0) is 67.8 Å². The first-order valence-electron chi connectivity index (χ1n) is 13.5. The van der Waals surface area contributed by atoms with Gasteiger partial charge in [0.05, 0.1) is 33.7 Å². The highest BCUT2D eigenvalue weighted by molar-refractivity contribution is 7.91. The fourth-order valence-corrected chi connectivity index (χ4v) is 6.02. The molecule has 0 spiro atoms. The molecule has 11 heteroatoms. The van der Waals surface area contributed by atoms with Crippen LogP contribution in [-0.2, 0) is 9.84 Å². The van der Waals surface area contributed by atoms with Gasteiger partial charge in [0.25, 0.3) is 11.8 Å². The molecule has 3 aromatic carbocycles. The van der Waals surface area contributed by atoms with E-state index in [1.807, 2.05) is 0 Å². The van der Waals surface area contributed by atoms with E-state index < -0.39 is 15.7 Å². The predicted octanol–water partition coefficient (Wildman–Crippen LogP) is 4.51. The van der Waals surface area contributed by atoms with Crippen LogP contribution in [0.1, 0.15) is 52.0 Å². The number of benzene rings is 3. The average molecular weight is 591 g/mol. The Hall–Kier alpha value is -4.48. The zero-order valence-electron chi connectivity index (χ0n) is 23.5. The number of hydrogen-bond donors (Lipinski definition) is 4. The van der Waals surface area contributed by atoms with Crippen LogP contribution in [0, 0.1) is 6.92 Å². The van der Waals surface area contributed by atoms with E-state index in [1.165, 1.54) is 43.6 Å². The van der Waals surface area contributed by atoms with Gasteiger partial charge in [-0.25, -0.2) is 8.42 Å². The normalized spacial score (nSPS) is 11.3. The number of nitrogens with zero attached hydrogens (tertiary/aromatic N) is 1. The van der Waals surface area contributed by atoms with Crippen LogP contribution in [0.4, 0.5) is 11.4 Å². The third-order valence-electron chi connectivity index (χ3n) is 6.83. The smallest absolute Gasteiger partial charge is 0.252 e. The molecule has 0 aliphatic carbocycles. The van der Waals surface area contributed by atoms with E-state index in [9.17, 15) is 18.0 Å². The molecule has 42 heavy (non-hydrogen) atoms. The van der Waals surface area contributed by atoms with Crippen LogP contribution in [0.3, 0.4) is 0 Å². The number of sulfone groups is 1. The average Bonchev–Trinajstić information content (AvgIpc) is 2.99. The van der Waals surface area contributed by atoms with E-state index in [4.69, 9.17) is 15.6 Å². The van der Waals surface area contributed by atoms with Gasteiger partial charge in [-0.15, -0.1) is 0 Å². The summed E-state index contributed by atoms with van der Waals surface area (Å²) >= 11 is 0. The molecule has 5 N–H and O–H groups in total. The van der Waals surface area contributed by atoms with Crippen molar-refractivity contribution in [3.8, 4) is 5.75 Å². The van der Waals surface area contributed by atoms with Crippen molar-refractivity contribution in [2.24, 2.45) is 5.73 Å². The number of anilines is 2. The monoisotopic (exact) mass is 590 g/mol.